The Morgan fingerprint density at radius 2 is 2.00 bits per heavy atom. The van der Waals surface area contributed by atoms with Crippen LogP contribution in [0.2, 0.25) is 0 Å². The predicted octanol–water partition coefficient (Wildman–Crippen LogP) is 4.84. The SMILES string of the molecule is N#CC1=C(N)OC2=C(C(=O)CCC2)C1c1cc(Br)ccc1OCc1ccccc1. The van der Waals surface area contributed by atoms with Gasteiger partial charge in [-0.2, -0.15) is 5.26 Å². The van der Waals surface area contributed by atoms with Crippen LogP contribution >= 0.6 is 15.9 Å². The van der Waals surface area contributed by atoms with E-state index in [0.29, 0.717) is 36.5 Å². The molecule has 0 aromatic heterocycles. The quantitative estimate of drug-likeness (QED) is 0.719. The first-order valence-electron chi connectivity index (χ1n) is 9.38. The number of carbonyl (C=O) groups excluding carboxylic acids is 1. The molecule has 1 heterocycles. The molecule has 2 aliphatic rings. The minimum absolute atomic E-state index is 0.00881. The van der Waals surface area contributed by atoms with Crippen LogP contribution in [0.5, 0.6) is 5.75 Å². The summed E-state index contributed by atoms with van der Waals surface area (Å²) in [5.74, 6) is 0.622. The van der Waals surface area contributed by atoms with Gasteiger partial charge in [0.2, 0.25) is 5.88 Å². The fourth-order valence-electron chi connectivity index (χ4n) is 3.78. The van der Waals surface area contributed by atoms with E-state index in [0.717, 1.165) is 22.0 Å². The molecule has 1 unspecified atom stereocenters. The van der Waals surface area contributed by atoms with Crippen molar-refractivity contribution in [1.82, 2.24) is 0 Å². The van der Waals surface area contributed by atoms with Gasteiger partial charge < -0.3 is 15.2 Å². The number of hydrogen-bond acceptors (Lipinski definition) is 5. The molecule has 0 saturated carbocycles. The van der Waals surface area contributed by atoms with Crippen molar-refractivity contribution in [3.05, 3.63) is 86.9 Å². The fraction of sp³-hybridized carbons (Fsp3) is 0.217. The smallest absolute Gasteiger partial charge is 0.205 e. The lowest BCUT2D eigenvalue weighted by molar-refractivity contribution is -0.116. The molecule has 2 aromatic carbocycles. The van der Waals surface area contributed by atoms with Gasteiger partial charge in [0.05, 0.1) is 5.92 Å². The number of ether oxygens (including phenoxy) is 2. The molecule has 0 saturated heterocycles. The molecule has 6 heteroatoms. The van der Waals surface area contributed by atoms with Crippen LogP contribution < -0.4 is 10.5 Å². The molecule has 2 aromatic rings. The maximum absolute atomic E-state index is 12.8. The highest BCUT2D eigenvalue weighted by Crippen LogP contribution is 2.46. The summed E-state index contributed by atoms with van der Waals surface area (Å²) in [6.07, 6.45) is 1.78. The van der Waals surface area contributed by atoms with Gasteiger partial charge in [-0.15, -0.1) is 0 Å². The Bertz CT molecular complexity index is 1070. The first kappa shape index (κ1) is 19.3. The molecule has 0 spiro atoms. The van der Waals surface area contributed by atoms with Crippen LogP contribution in [0.25, 0.3) is 0 Å². The average Bonchev–Trinajstić information content (AvgIpc) is 2.73. The highest BCUT2D eigenvalue weighted by Gasteiger charge is 2.39. The maximum Gasteiger partial charge on any atom is 0.205 e. The van der Waals surface area contributed by atoms with E-state index in [1.165, 1.54) is 0 Å². The van der Waals surface area contributed by atoms with Crippen molar-refractivity contribution < 1.29 is 14.3 Å². The molecule has 0 radical (unpaired) electrons. The van der Waals surface area contributed by atoms with Crippen molar-refractivity contribution >= 4 is 21.7 Å². The van der Waals surface area contributed by atoms with Gasteiger partial charge in [-0.1, -0.05) is 46.3 Å². The number of nitriles is 1. The van der Waals surface area contributed by atoms with Gasteiger partial charge in [0.15, 0.2) is 5.78 Å². The fourth-order valence-corrected chi connectivity index (χ4v) is 4.16. The highest BCUT2D eigenvalue weighted by molar-refractivity contribution is 9.10. The van der Waals surface area contributed by atoms with E-state index in [-0.39, 0.29) is 17.2 Å². The third kappa shape index (κ3) is 3.79. The molecule has 2 N–H and O–H groups in total. The Morgan fingerprint density at radius 3 is 2.76 bits per heavy atom. The number of halogens is 1. The van der Waals surface area contributed by atoms with Gasteiger partial charge in [-0.05, 0) is 30.2 Å². The summed E-state index contributed by atoms with van der Waals surface area (Å²) < 4.78 is 12.6. The van der Waals surface area contributed by atoms with Gasteiger partial charge in [0, 0.05) is 28.5 Å². The number of nitrogens with two attached hydrogens (primary N) is 1. The van der Waals surface area contributed by atoms with E-state index < -0.39 is 5.92 Å². The van der Waals surface area contributed by atoms with Crippen molar-refractivity contribution in [3.8, 4) is 11.8 Å². The molecule has 146 valence electrons. The molecule has 1 aliphatic carbocycles. The van der Waals surface area contributed by atoms with Crippen LogP contribution in [-0.2, 0) is 16.1 Å². The second kappa shape index (κ2) is 8.14. The van der Waals surface area contributed by atoms with Crippen molar-refractivity contribution in [2.45, 2.75) is 31.8 Å². The lowest BCUT2D eigenvalue weighted by Gasteiger charge is -2.31. The number of rotatable bonds is 4. The zero-order valence-corrected chi connectivity index (χ0v) is 17.2. The number of carbonyl (C=O) groups is 1. The minimum atomic E-state index is -0.597. The Kier molecular flexibility index (Phi) is 5.41. The van der Waals surface area contributed by atoms with Crippen LogP contribution in [0.15, 0.2) is 75.8 Å². The topological polar surface area (TPSA) is 85.3 Å². The van der Waals surface area contributed by atoms with Crippen molar-refractivity contribution in [1.29, 1.82) is 5.26 Å². The highest BCUT2D eigenvalue weighted by atomic mass is 79.9. The molecule has 1 aliphatic heterocycles. The molecule has 0 amide bonds. The van der Waals surface area contributed by atoms with Gasteiger partial charge in [0.1, 0.15) is 29.8 Å². The number of hydrogen-bond donors (Lipinski definition) is 1. The lowest BCUT2D eigenvalue weighted by Crippen LogP contribution is -2.27. The lowest BCUT2D eigenvalue weighted by atomic mass is 9.77. The summed E-state index contributed by atoms with van der Waals surface area (Å²) in [4.78, 5) is 12.8. The first-order valence-corrected chi connectivity index (χ1v) is 10.2. The van der Waals surface area contributed by atoms with Crippen molar-refractivity contribution in [2.24, 2.45) is 5.73 Å². The van der Waals surface area contributed by atoms with Crippen LogP contribution in [0, 0.1) is 11.3 Å². The summed E-state index contributed by atoms with van der Waals surface area (Å²) >= 11 is 3.50. The standard InChI is InChI=1S/C23H19BrN2O3/c24-15-9-10-19(28-13-14-5-2-1-3-6-14)16(11-15)21-17(12-25)23(26)29-20-8-4-7-18(27)22(20)21/h1-3,5-6,9-11,21H,4,7-8,13,26H2. The Hall–Kier alpha value is -3.04. The second-order valence-corrected chi connectivity index (χ2v) is 7.91. The summed E-state index contributed by atoms with van der Waals surface area (Å²) in [6, 6.07) is 17.6. The maximum atomic E-state index is 12.8. The van der Waals surface area contributed by atoms with E-state index in [2.05, 4.69) is 22.0 Å². The Labute approximate surface area is 177 Å². The Morgan fingerprint density at radius 1 is 1.21 bits per heavy atom. The van der Waals surface area contributed by atoms with Crippen molar-refractivity contribution in [2.75, 3.05) is 0 Å². The number of ketones is 1. The largest absolute Gasteiger partial charge is 0.489 e. The average molecular weight is 451 g/mol. The number of benzene rings is 2. The Balaban J connectivity index is 1.79. The van der Waals surface area contributed by atoms with Crippen LogP contribution in [0.1, 0.15) is 36.3 Å². The number of allylic oxidation sites excluding steroid dienone is 3. The summed E-state index contributed by atoms with van der Waals surface area (Å²) in [7, 11) is 0. The third-order valence-corrected chi connectivity index (χ3v) is 5.62. The minimum Gasteiger partial charge on any atom is -0.489 e. The first-order chi connectivity index (χ1) is 14.1. The molecular weight excluding hydrogens is 432 g/mol. The predicted molar refractivity (Wildman–Crippen MR) is 111 cm³/mol. The van der Waals surface area contributed by atoms with E-state index in [9.17, 15) is 10.1 Å². The van der Waals surface area contributed by atoms with E-state index in [1.807, 2.05) is 48.5 Å². The van der Waals surface area contributed by atoms with Gasteiger partial charge >= 0.3 is 0 Å². The van der Waals surface area contributed by atoms with Crippen LogP contribution in [0.3, 0.4) is 0 Å². The molecular formula is C23H19BrN2O3. The van der Waals surface area contributed by atoms with Gasteiger partial charge in [-0.3, -0.25) is 4.79 Å². The molecule has 1 atom stereocenters. The van der Waals surface area contributed by atoms with Crippen LogP contribution in [-0.4, -0.2) is 5.78 Å². The summed E-state index contributed by atoms with van der Waals surface area (Å²) in [5, 5.41) is 9.78. The van der Waals surface area contributed by atoms with Gasteiger partial charge in [-0.25, -0.2) is 0 Å². The molecule has 0 fully saturated rings. The zero-order chi connectivity index (χ0) is 20.4. The van der Waals surface area contributed by atoms with Gasteiger partial charge in [0.25, 0.3) is 0 Å². The second-order valence-electron chi connectivity index (χ2n) is 6.99. The monoisotopic (exact) mass is 450 g/mol. The van der Waals surface area contributed by atoms with Crippen molar-refractivity contribution in [3.63, 3.8) is 0 Å². The third-order valence-electron chi connectivity index (χ3n) is 5.12. The summed E-state index contributed by atoms with van der Waals surface area (Å²) in [6.45, 7) is 0.375. The zero-order valence-electron chi connectivity index (χ0n) is 15.7. The van der Waals surface area contributed by atoms with Crippen LogP contribution in [0.4, 0.5) is 0 Å². The number of Topliss-reactive ketones (excluding diaryl/α,β-unsaturated/α-hetero) is 1. The summed E-state index contributed by atoms with van der Waals surface area (Å²) in [5.41, 5.74) is 8.56. The molecule has 4 rings (SSSR count). The molecule has 5 nitrogen and oxygen atoms in total. The van der Waals surface area contributed by atoms with E-state index in [1.54, 1.807) is 0 Å². The van der Waals surface area contributed by atoms with E-state index in [4.69, 9.17) is 15.2 Å². The molecule has 0 bridgehead atoms. The normalized spacial score (nSPS) is 18.8. The molecule has 29 heavy (non-hydrogen) atoms. The number of nitrogens with zero attached hydrogens (tertiary/aromatic N) is 1. The van der Waals surface area contributed by atoms with E-state index >= 15 is 0 Å².